The van der Waals surface area contributed by atoms with Crippen LogP contribution in [0.15, 0.2) is 42.7 Å². The lowest BCUT2D eigenvalue weighted by molar-refractivity contribution is -0.125. The molecule has 110 valence electrons. The molecule has 0 saturated carbocycles. The van der Waals surface area contributed by atoms with Gasteiger partial charge in [0.05, 0.1) is 0 Å². The molecule has 0 spiro atoms. The quantitative estimate of drug-likeness (QED) is 0.677. The van der Waals surface area contributed by atoms with Crippen LogP contribution in [0, 0.1) is 5.92 Å². The molecule has 0 saturated heterocycles. The van der Waals surface area contributed by atoms with Crippen LogP contribution in [0.25, 0.3) is 11.0 Å². The summed E-state index contributed by atoms with van der Waals surface area (Å²) in [5.74, 6) is 0.374. The maximum Gasteiger partial charge on any atom is 0.223 e. The van der Waals surface area contributed by atoms with Crippen molar-refractivity contribution < 1.29 is 4.79 Å². The average Bonchev–Trinajstić information content (AvgIpc) is 2.95. The standard InChI is InChI=1S/C17H21N3O/c21-17(15-6-2-1-3-7-15)19-11-5-12-20-13-9-14-8-4-10-18-16(14)20/h1-2,4,8-10,13,15H,3,5-7,11-12H2,(H,19,21)/t15-/m1/s1. The van der Waals surface area contributed by atoms with E-state index in [1.807, 2.05) is 12.3 Å². The number of aryl methyl sites for hydroxylation is 1. The SMILES string of the molecule is O=C(NCCCn1ccc2cccnc21)[C@@H]1CC=CCC1. The Kier molecular flexibility index (Phi) is 4.34. The van der Waals surface area contributed by atoms with Gasteiger partial charge in [-0.1, -0.05) is 12.2 Å². The third kappa shape index (κ3) is 3.32. The summed E-state index contributed by atoms with van der Waals surface area (Å²) in [5, 5.41) is 4.22. The molecule has 0 fully saturated rings. The van der Waals surface area contributed by atoms with Crippen LogP contribution >= 0.6 is 0 Å². The molecule has 0 bridgehead atoms. The Morgan fingerprint density at radius 2 is 2.33 bits per heavy atom. The highest BCUT2D eigenvalue weighted by Gasteiger charge is 2.17. The van der Waals surface area contributed by atoms with Crippen molar-refractivity contribution in [2.24, 2.45) is 5.92 Å². The summed E-state index contributed by atoms with van der Waals surface area (Å²) in [6.07, 6.45) is 12.0. The highest BCUT2D eigenvalue weighted by Crippen LogP contribution is 2.18. The maximum atomic E-state index is 12.0. The minimum atomic E-state index is 0.170. The van der Waals surface area contributed by atoms with Gasteiger partial charge >= 0.3 is 0 Å². The summed E-state index contributed by atoms with van der Waals surface area (Å²) in [6.45, 7) is 1.61. The second-order valence-corrected chi connectivity index (χ2v) is 5.55. The van der Waals surface area contributed by atoms with Crippen LogP contribution in [0.5, 0.6) is 0 Å². The third-order valence-electron chi connectivity index (χ3n) is 4.04. The van der Waals surface area contributed by atoms with Gasteiger partial charge in [0.2, 0.25) is 5.91 Å². The molecule has 4 heteroatoms. The lowest BCUT2D eigenvalue weighted by Crippen LogP contribution is -2.32. The van der Waals surface area contributed by atoms with E-state index in [-0.39, 0.29) is 11.8 Å². The maximum absolute atomic E-state index is 12.0. The zero-order chi connectivity index (χ0) is 14.5. The number of carbonyl (C=O) groups is 1. The van der Waals surface area contributed by atoms with Crippen LogP contribution in [-0.2, 0) is 11.3 Å². The Balaban J connectivity index is 1.46. The Morgan fingerprint density at radius 3 is 3.19 bits per heavy atom. The third-order valence-corrected chi connectivity index (χ3v) is 4.04. The molecule has 2 aromatic rings. The smallest absolute Gasteiger partial charge is 0.223 e. The Bertz CT molecular complexity index is 644. The summed E-state index contributed by atoms with van der Waals surface area (Å²) in [4.78, 5) is 16.4. The molecule has 0 aliphatic heterocycles. The number of pyridine rings is 1. The van der Waals surface area contributed by atoms with E-state index in [1.54, 1.807) is 0 Å². The molecule has 1 amide bonds. The largest absolute Gasteiger partial charge is 0.356 e. The normalized spacial score (nSPS) is 18.0. The van der Waals surface area contributed by atoms with E-state index in [2.05, 4.69) is 45.3 Å². The Morgan fingerprint density at radius 1 is 1.38 bits per heavy atom. The average molecular weight is 283 g/mol. The zero-order valence-corrected chi connectivity index (χ0v) is 12.2. The van der Waals surface area contributed by atoms with Crippen molar-refractivity contribution in [3.8, 4) is 0 Å². The first-order chi connectivity index (χ1) is 10.3. The van der Waals surface area contributed by atoms with E-state index in [9.17, 15) is 4.79 Å². The number of aromatic nitrogens is 2. The molecule has 2 heterocycles. The minimum Gasteiger partial charge on any atom is -0.356 e. The van der Waals surface area contributed by atoms with Crippen molar-refractivity contribution in [1.82, 2.24) is 14.9 Å². The van der Waals surface area contributed by atoms with E-state index in [0.717, 1.165) is 49.8 Å². The van der Waals surface area contributed by atoms with E-state index < -0.39 is 0 Å². The molecule has 2 aromatic heterocycles. The van der Waals surface area contributed by atoms with Crippen LogP contribution in [-0.4, -0.2) is 22.0 Å². The first-order valence-corrected chi connectivity index (χ1v) is 7.67. The number of allylic oxidation sites excluding steroid dienone is 2. The number of fused-ring (bicyclic) bond motifs is 1. The number of nitrogens with one attached hydrogen (secondary N) is 1. The summed E-state index contributed by atoms with van der Waals surface area (Å²) >= 11 is 0. The topological polar surface area (TPSA) is 46.9 Å². The van der Waals surface area contributed by atoms with Crippen LogP contribution in [0.3, 0.4) is 0 Å². The zero-order valence-electron chi connectivity index (χ0n) is 12.2. The minimum absolute atomic E-state index is 0.170. The van der Waals surface area contributed by atoms with Gasteiger partial charge in [0.25, 0.3) is 0 Å². The van der Waals surface area contributed by atoms with E-state index in [4.69, 9.17) is 0 Å². The molecule has 0 unspecified atom stereocenters. The fourth-order valence-corrected chi connectivity index (χ4v) is 2.84. The van der Waals surface area contributed by atoms with Crippen molar-refractivity contribution >= 4 is 16.9 Å². The van der Waals surface area contributed by atoms with Gasteiger partial charge in [0, 0.05) is 36.8 Å². The first-order valence-electron chi connectivity index (χ1n) is 7.67. The second-order valence-electron chi connectivity index (χ2n) is 5.55. The van der Waals surface area contributed by atoms with E-state index in [1.165, 1.54) is 0 Å². The highest BCUT2D eigenvalue weighted by molar-refractivity contribution is 5.79. The molecule has 1 aliphatic rings. The lowest BCUT2D eigenvalue weighted by Gasteiger charge is -2.17. The van der Waals surface area contributed by atoms with Gasteiger partial charge in [-0.2, -0.15) is 0 Å². The van der Waals surface area contributed by atoms with Crippen molar-refractivity contribution in [2.75, 3.05) is 6.54 Å². The molecule has 21 heavy (non-hydrogen) atoms. The summed E-state index contributed by atoms with van der Waals surface area (Å²) in [5.41, 5.74) is 1.02. The van der Waals surface area contributed by atoms with Crippen molar-refractivity contribution in [3.63, 3.8) is 0 Å². The number of hydrogen-bond acceptors (Lipinski definition) is 2. The van der Waals surface area contributed by atoms with Crippen molar-refractivity contribution in [1.29, 1.82) is 0 Å². The predicted octanol–water partition coefficient (Wildman–Crippen LogP) is 2.90. The Labute approximate surface area is 124 Å². The molecule has 1 N–H and O–H groups in total. The number of nitrogens with zero attached hydrogens (tertiary/aromatic N) is 2. The molecule has 3 rings (SSSR count). The number of rotatable bonds is 5. The number of amides is 1. The van der Waals surface area contributed by atoms with Gasteiger partial charge in [-0.3, -0.25) is 4.79 Å². The summed E-state index contributed by atoms with van der Waals surface area (Å²) < 4.78 is 2.14. The molecule has 1 atom stereocenters. The lowest BCUT2D eigenvalue weighted by atomic mass is 9.94. The van der Waals surface area contributed by atoms with Gasteiger partial charge in [-0.25, -0.2) is 4.98 Å². The molecule has 0 radical (unpaired) electrons. The first kappa shape index (κ1) is 13.9. The van der Waals surface area contributed by atoms with Crippen molar-refractivity contribution in [3.05, 3.63) is 42.7 Å². The summed E-state index contributed by atoms with van der Waals surface area (Å²) in [7, 11) is 0. The van der Waals surface area contributed by atoms with E-state index in [0.29, 0.717) is 0 Å². The van der Waals surface area contributed by atoms with Crippen LogP contribution < -0.4 is 5.32 Å². The fourth-order valence-electron chi connectivity index (χ4n) is 2.84. The van der Waals surface area contributed by atoms with Crippen molar-refractivity contribution in [2.45, 2.75) is 32.2 Å². The molecule has 4 nitrogen and oxygen atoms in total. The van der Waals surface area contributed by atoms with Gasteiger partial charge in [0.15, 0.2) is 0 Å². The molecular weight excluding hydrogens is 262 g/mol. The molecule has 0 aromatic carbocycles. The highest BCUT2D eigenvalue weighted by atomic mass is 16.1. The van der Waals surface area contributed by atoms with E-state index >= 15 is 0 Å². The fraction of sp³-hybridized carbons (Fsp3) is 0.412. The molecule has 1 aliphatic carbocycles. The van der Waals surface area contributed by atoms with Gasteiger partial charge in [-0.05, 0) is 43.9 Å². The Hall–Kier alpha value is -2.10. The van der Waals surface area contributed by atoms with Gasteiger partial charge < -0.3 is 9.88 Å². The molecular formula is C17H21N3O. The second kappa shape index (κ2) is 6.57. The van der Waals surface area contributed by atoms with Crippen LogP contribution in [0.1, 0.15) is 25.7 Å². The van der Waals surface area contributed by atoms with Crippen LogP contribution in [0.4, 0.5) is 0 Å². The monoisotopic (exact) mass is 283 g/mol. The van der Waals surface area contributed by atoms with Gasteiger partial charge in [-0.15, -0.1) is 0 Å². The number of hydrogen-bond donors (Lipinski definition) is 1. The van der Waals surface area contributed by atoms with Crippen LogP contribution in [0.2, 0.25) is 0 Å². The summed E-state index contributed by atoms with van der Waals surface area (Å²) in [6, 6.07) is 6.10. The van der Waals surface area contributed by atoms with Gasteiger partial charge in [0.1, 0.15) is 5.65 Å². The number of carbonyl (C=O) groups excluding carboxylic acids is 1. The predicted molar refractivity (Wildman–Crippen MR) is 83.8 cm³/mol.